The van der Waals surface area contributed by atoms with E-state index in [0.717, 1.165) is 6.07 Å². The second-order valence-corrected chi connectivity index (χ2v) is 3.72. The summed E-state index contributed by atoms with van der Waals surface area (Å²) < 4.78 is 40.7. The van der Waals surface area contributed by atoms with Gasteiger partial charge in [0.15, 0.2) is 0 Å². The van der Waals surface area contributed by atoms with Crippen molar-refractivity contribution in [3.8, 4) is 17.0 Å². The molecule has 1 heterocycles. The Morgan fingerprint density at radius 2 is 1.94 bits per heavy atom. The molecule has 7 heteroatoms. The van der Waals surface area contributed by atoms with Crippen LogP contribution in [0.3, 0.4) is 0 Å². The first-order chi connectivity index (χ1) is 8.46. The number of rotatable bonds is 2. The lowest BCUT2D eigenvalue weighted by Crippen LogP contribution is -2.17. The van der Waals surface area contributed by atoms with Crippen LogP contribution in [-0.4, -0.2) is 16.3 Å². The molecule has 0 atom stereocenters. The molecular weight excluding hydrogens is 269 g/mol. The number of alkyl halides is 3. The minimum atomic E-state index is -4.77. The molecule has 1 aromatic carbocycles. The van der Waals surface area contributed by atoms with E-state index in [0.29, 0.717) is 5.69 Å². The summed E-state index contributed by atoms with van der Waals surface area (Å²) >= 11 is 5.76. The van der Waals surface area contributed by atoms with Crippen molar-refractivity contribution in [3.63, 3.8) is 0 Å². The van der Waals surface area contributed by atoms with E-state index in [4.69, 9.17) is 11.6 Å². The Balaban J connectivity index is 2.48. The van der Waals surface area contributed by atoms with Crippen LogP contribution in [0.4, 0.5) is 13.2 Å². The lowest BCUT2D eigenvalue weighted by molar-refractivity contribution is -0.274. The maximum Gasteiger partial charge on any atom is 0.573 e. The first-order valence-electron chi connectivity index (χ1n) is 4.77. The molecule has 0 saturated carbocycles. The van der Waals surface area contributed by atoms with Gasteiger partial charge < -0.3 is 4.74 Å². The van der Waals surface area contributed by atoms with Gasteiger partial charge in [-0.15, -0.1) is 13.2 Å². The van der Waals surface area contributed by atoms with Crippen molar-refractivity contribution >= 4 is 11.6 Å². The monoisotopic (exact) mass is 274 g/mol. The Morgan fingerprint density at radius 3 is 2.56 bits per heavy atom. The van der Waals surface area contributed by atoms with Gasteiger partial charge in [0.05, 0.1) is 5.69 Å². The van der Waals surface area contributed by atoms with Crippen molar-refractivity contribution in [2.45, 2.75) is 6.36 Å². The average Bonchev–Trinajstić information content (AvgIpc) is 2.31. The summed E-state index contributed by atoms with van der Waals surface area (Å²) in [6, 6.07) is 5.28. The quantitative estimate of drug-likeness (QED) is 0.837. The molecule has 0 aliphatic rings. The highest BCUT2D eigenvalue weighted by Gasteiger charge is 2.32. The third-order valence-electron chi connectivity index (χ3n) is 2.03. The van der Waals surface area contributed by atoms with Crippen LogP contribution in [0.15, 0.2) is 36.8 Å². The summed E-state index contributed by atoms with van der Waals surface area (Å²) in [5.41, 5.74) is 0.453. The van der Waals surface area contributed by atoms with E-state index in [-0.39, 0.29) is 16.3 Å². The third-order valence-corrected chi connectivity index (χ3v) is 2.26. The Kier molecular flexibility index (Phi) is 3.38. The van der Waals surface area contributed by atoms with Gasteiger partial charge in [-0.05, 0) is 24.3 Å². The first-order valence-corrected chi connectivity index (χ1v) is 5.15. The predicted molar refractivity (Wildman–Crippen MR) is 59.2 cm³/mol. The number of hydrogen-bond acceptors (Lipinski definition) is 3. The molecule has 94 valence electrons. The fraction of sp³-hybridized carbons (Fsp3) is 0.0909. The molecule has 18 heavy (non-hydrogen) atoms. The molecular formula is C11H6ClF3N2O. The summed E-state index contributed by atoms with van der Waals surface area (Å²) in [5.74, 6) is -0.356. The molecule has 2 rings (SSSR count). The number of benzene rings is 1. The number of ether oxygens (including phenoxy) is 1. The summed E-state index contributed by atoms with van der Waals surface area (Å²) in [6.45, 7) is 0. The summed E-state index contributed by atoms with van der Waals surface area (Å²) in [4.78, 5) is 7.55. The average molecular weight is 275 g/mol. The van der Waals surface area contributed by atoms with Crippen LogP contribution in [0.1, 0.15) is 0 Å². The topological polar surface area (TPSA) is 35.0 Å². The Morgan fingerprint density at radius 1 is 1.17 bits per heavy atom. The highest BCUT2D eigenvalue weighted by molar-refractivity contribution is 6.30. The van der Waals surface area contributed by atoms with Crippen molar-refractivity contribution < 1.29 is 17.9 Å². The van der Waals surface area contributed by atoms with E-state index in [9.17, 15) is 13.2 Å². The smallest absolute Gasteiger partial charge is 0.405 e. The minimum absolute atomic E-state index is 0.155. The highest BCUT2D eigenvalue weighted by atomic mass is 35.5. The third kappa shape index (κ3) is 3.10. The highest BCUT2D eigenvalue weighted by Crippen LogP contribution is 2.34. The van der Waals surface area contributed by atoms with Gasteiger partial charge in [-0.25, -0.2) is 9.97 Å². The molecule has 0 fully saturated rings. The molecule has 0 N–H and O–H groups in total. The van der Waals surface area contributed by atoms with Crippen LogP contribution in [-0.2, 0) is 0 Å². The van der Waals surface area contributed by atoms with Gasteiger partial charge in [0, 0.05) is 16.8 Å². The van der Waals surface area contributed by atoms with Gasteiger partial charge in [-0.2, -0.15) is 0 Å². The molecule has 0 radical (unpaired) electrons. The van der Waals surface area contributed by atoms with E-state index >= 15 is 0 Å². The van der Waals surface area contributed by atoms with Gasteiger partial charge in [-0.3, -0.25) is 0 Å². The van der Waals surface area contributed by atoms with Crippen LogP contribution < -0.4 is 4.74 Å². The normalized spacial score (nSPS) is 11.3. The van der Waals surface area contributed by atoms with Crippen molar-refractivity contribution in [3.05, 3.63) is 41.8 Å². The van der Waals surface area contributed by atoms with Gasteiger partial charge >= 0.3 is 6.36 Å². The first kappa shape index (κ1) is 12.6. The standard InChI is InChI=1S/C11H6ClF3N2O/c12-7-1-2-10(18-11(13,14)15)8(5-7)9-3-4-16-6-17-9/h1-6H. The lowest BCUT2D eigenvalue weighted by atomic mass is 10.1. The van der Waals surface area contributed by atoms with Gasteiger partial charge in [0.2, 0.25) is 0 Å². The van der Waals surface area contributed by atoms with E-state index in [2.05, 4.69) is 14.7 Å². The van der Waals surface area contributed by atoms with E-state index in [1.54, 1.807) is 0 Å². The predicted octanol–water partition coefficient (Wildman–Crippen LogP) is 3.70. The Labute approximate surface area is 105 Å². The van der Waals surface area contributed by atoms with Crippen LogP contribution in [0.5, 0.6) is 5.75 Å². The van der Waals surface area contributed by atoms with Gasteiger partial charge in [0.25, 0.3) is 0 Å². The number of halogens is 4. The van der Waals surface area contributed by atoms with Crippen LogP contribution >= 0.6 is 11.6 Å². The molecule has 0 spiro atoms. The number of aromatic nitrogens is 2. The molecule has 0 unspecified atom stereocenters. The van der Waals surface area contributed by atoms with Gasteiger partial charge in [-0.1, -0.05) is 11.6 Å². The molecule has 0 bridgehead atoms. The zero-order valence-electron chi connectivity index (χ0n) is 8.78. The molecule has 0 aliphatic heterocycles. The van der Waals surface area contributed by atoms with E-state index in [1.807, 2.05) is 0 Å². The van der Waals surface area contributed by atoms with Crippen molar-refractivity contribution in [2.75, 3.05) is 0 Å². The molecule has 0 saturated heterocycles. The maximum absolute atomic E-state index is 12.2. The van der Waals surface area contributed by atoms with E-state index in [1.165, 1.54) is 30.7 Å². The van der Waals surface area contributed by atoms with Crippen molar-refractivity contribution in [2.24, 2.45) is 0 Å². The van der Waals surface area contributed by atoms with Crippen molar-refractivity contribution in [1.82, 2.24) is 9.97 Å². The SMILES string of the molecule is FC(F)(F)Oc1ccc(Cl)cc1-c1ccncn1. The Bertz CT molecular complexity index is 546. The minimum Gasteiger partial charge on any atom is -0.405 e. The second kappa shape index (κ2) is 4.81. The molecule has 1 aromatic heterocycles. The molecule has 0 amide bonds. The molecule has 3 nitrogen and oxygen atoms in total. The van der Waals surface area contributed by atoms with Crippen LogP contribution in [0.25, 0.3) is 11.3 Å². The summed E-state index contributed by atoms with van der Waals surface area (Å²) in [6.07, 6.45) is -2.12. The van der Waals surface area contributed by atoms with Crippen molar-refractivity contribution in [1.29, 1.82) is 0 Å². The number of hydrogen-bond donors (Lipinski definition) is 0. The molecule has 2 aromatic rings. The van der Waals surface area contributed by atoms with Gasteiger partial charge in [0.1, 0.15) is 12.1 Å². The largest absolute Gasteiger partial charge is 0.573 e. The summed E-state index contributed by atoms with van der Waals surface area (Å²) in [5, 5.41) is 0.290. The second-order valence-electron chi connectivity index (χ2n) is 3.28. The summed E-state index contributed by atoms with van der Waals surface area (Å²) in [7, 11) is 0. The van der Waals surface area contributed by atoms with Crippen LogP contribution in [0.2, 0.25) is 5.02 Å². The fourth-order valence-electron chi connectivity index (χ4n) is 1.37. The lowest BCUT2D eigenvalue weighted by Gasteiger charge is -2.13. The fourth-order valence-corrected chi connectivity index (χ4v) is 1.54. The zero-order chi connectivity index (χ0) is 13.2. The van der Waals surface area contributed by atoms with E-state index < -0.39 is 6.36 Å². The van der Waals surface area contributed by atoms with Crippen LogP contribution in [0, 0.1) is 0 Å². The maximum atomic E-state index is 12.2. The zero-order valence-corrected chi connectivity index (χ0v) is 9.53. The number of nitrogens with zero attached hydrogens (tertiary/aromatic N) is 2. The molecule has 0 aliphatic carbocycles. The Hall–Kier alpha value is -1.82.